The first-order valence-corrected chi connectivity index (χ1v) is 9.33. The molecule has 2 N–H and O–H groups in total. The fourth-order valence-corrected chi connectivity index (χ4v) is 2.26. The molecular weight excluding hydrogens is 318 g/mol. The van der Waals surface area contributed by atoms with E-state index in [1.165, 1.54) is 6.26 Å². The van der Waals surface area contributed by atoms with E-state index >= 15 is 0 Å². The number of para-hydroxylation sites is 2. The summed E-state index contributed by atoms with van der Waals surface area (Å²) in [5, 5.41) is 6.04. The minimum absolute atomic E-state index is 0.0565. The summed E-state index contributed by atoms with van der Waals surface area (Å²) in [6.07, 6.45) is 1.08. The number of hydrogen-bond acceptors (Lipinski definition) is 5. The van der Waals surface area contributed by atoms with Gasteiger partial charge in [-0.3, -0.25) is 4.99 Å². The summed E-state index contributed by atoms with van der Waals surface area (Å²) in [7, 11) is 0.231. The lowest BCUT2D eigenvalue weighted by molar-refractivity contribution is 0.213. The number of nitrogens with one attached hydrogen (secondary N) is 2. The molecule has 1 atom stereocenters. The molecule has 0 aromatic heterocycles. The molecule has 8 heteroatoms. The number of nitrogens with zero attached hydrogens (tertiary/aromatic N) is 1. The van der Waals surface area contributed by atoms with E-state index in [1.807, 2.05) is 31.2 Å². The minimum atomic E-state index is -2.99. The van der Waals surface area contributed by atoms with Gasteiger partial charge in [-0.2, -0.15) is 0 Å². The standard InChI is InChI=1S/C15H25N3O4S/c1-12(22-14-8-6-5-7-13(14)21-3)11-18-15(16-2)17-9-10-23(4,19)20/h5-8,12H,9-11H2,1-4H3,(H2,16,17,18). The molecule has 0 saturated heterocycles. The number of rotatable bonds is 8. The Kier molecular flexibility index (Phi) is 7.67. The van der Waals surface area contributed by atoms with Gasteiger partial charge in [-0.25, -0.2) is 8.42 Å². The second-order valence-corrected chi connectivity index (χ2v) is 7.35. The van der Waals surface area contributed by atoms with Gasteiger partial charge in [-0.15, -0.1) is 0 Å². The van der Waals surface area contributed by atoms with Gasteiger partial charge < -0.3 is 20.1 Å². The third kappa shape index (κ3) is 7.73. The van der Waals surface area contributed by atoms with Crippen LogP contribution in [-0.4, -0.2) is 59.7 Å². The average Bonchev–Trinajstić information content (AvgIpc) is 2.50. The number of ether oxygens (including phenoxy) is 2. The average molecular weight is 343 g/mol. The van der Waals surface area contributed by atoms with Crippen molar-refractivity contribution in [1.82, 2.24) is 10.6 Å². The molecule has 0 amide bonds. The monoisotopic (exact) mass is 343 g/mol. The molecule has 0 aliphatic rings. The van der Waals surface area contributed by atoms with Crippen LogP contribution in [0.25, 0.3) is 0 Å². The summed E-state index contributed by atoms with van der Waals surface area (Å²) in [6.45, 7) is 2.74. The SMILES string of the molecule is CN=C(NCCS(C)(=O)=O)NCC(C)Oc1ccccc1OC. The summed E-state index contributed by atoms with van der Waals surface area (Å²) in [6, 6.07) is 7.43. The van der Waals surface area contributed by atoms with Gasteiger partial charge in [0.1, 0.15) is 15.9 Å². The topological polar surface area (TPSA) is 89.0 Å². The number of methoxy groups -OCH3 is 1. The van der Waals surface area contributed by atoms with Gasteiger partial charge in [0.25, 0.3) is 0 Å². The molecule has 1 aromatic carbocycles. The van der Waals surface area contributed by atoms with Crippen LogP contribution in [-0.2, 0) is 9.84 Å². The first-order chi connectivity index (χ1) is 10.9. The molecule has 7 nitrogen and oxygen atoms in total. The van der Waals surface area contributed by atoms with Gasteiger partial charge in [0, 0.05) is 19.8 Å². The van der Waals surface area contributed by atoms with E-state index in [9.17, 15) is 8.42 Å². The highest BCUT2D eigenvalue weighted by Crippen LogP contribution is 2.26. The zero-order chi connectivity index (χ0) is 17.3. The van der Waals surface area contributed by atoms with Crippen molar-refractivity contribution < 1.29 is 17.9 Å². The van der Waals surface area contributed by atoms with Gasteiger partial charge in [0.2, 0.25) is 0 Å². The Labute approximate surface area is 138 Å². The van der Waals surface area contributed by atoms with Crippen molar-refractivity contribution in [1.29, 1.82) is 0 Å². The minimum Gasteiger partial charge on any atom is -0.493 e. The molecule has 1 unspecified atom stereocenters. The summed E-state index contributed by atoms with van der Waals surface area (Å²) >= 11 is 0. The third-order valence-electron chi connectivity index (χ3n) is 2.94. The Balaban J connectivity index is 2.43. The fourth-order valence-electron chi connectivity index (χ4n) is 1.79. The van der Waals surface area contributed by atoms with E-state index < -0.39 is 9.84 Å². The Bertz CT molecular complexity index is 617. The molecule has 0 radical (unpaired) electrons. The summed E-state index contributed by atoms with van der Waals surface area (Å²) in [5.41, 5.74) is 0. The van der Waals surface area contributed by atoms with Crippen LogP contribution in [0, 0.1) is 0 Å². The van der Waals surface area contributed by atoms with Crippen molar-refractivity contribution in [2.75, 3.05) is 39.3 Å². The number of benzene rings is 1. The van der Waals surface area contributed by atoms with Crippen molar-refractivity contribution in [2.24, 2.45) is 4.99 Å². The van der Waals surface area contributed by atoms with Crippen molar-refractivity contribution in [2.45, 2.75) is 13.0 Å². The van der Waals surface area contributed by atoms with Gasteiger partial charge >= 0.3 is 0 Å². The smallest absolute Gasteiger partial charge is 0.191 e. The van der Waals surface area contributed by atoms with E-state index in [4.69, 9.17) is 9.47 Å². The lowest BCUT2D eigenvalue weighted by Crippen LogP contribution is -2.43. The van der Waals surface area contributed by atoms with Crippen LogP contribution in [0.1, 0.15) is 6.92 Å². The molecule has 0 fully saturated rings. The number of hydrogen-bond donors (Lipinski definition) is 2. The van der Waals surface area contributed by atoms with E-state index in [0.29, 0.717) is 30.5 Å². The molecule has 0 spiro atoms. The third-order valence-corrected chi connectivity index (χ3v) is 3.89. The highest BCUT2D eigenvalue weighted by atomic mass is 32.2. The van der Waals surface area contributed by atoms with Crippen molar-refractivity contribution >= 4 is 15.8 Å². The van der Waals surface area contributed by atoms with Crippen LogP contribution in [0.15, 0.2) is 29.3 Å². The van der Waals surface area contributed by atoms with Crippen molar-refractivity contribution in [3.8, 4) is 11.5 Å². The molecular formula is C15H25N3O4S. The van der Waals surface area contributed by atoms with Gasteiger partial charge in [0.05, 0.1) is 19.4 Å². The second-order valence-electron chi connectivity index (χ2n) is 5.09. The van der Waals surface area contributed by atoms with Crippen molar-refractivity contribution in [3.63, 3.8) is 0 Å². The van der Waals surface area contributed by atoms with E-state index in [1.54, 1.807) is 14.2 Å². The number of guanidine groups is 1. The second kappa shape index (κ2) is 9.24. The summed E-state index contributed by atoms with van der Waals surface area (Å²) < 4.78 is 33.3. The van der Waals surface area contributed by atoms with E-state index in [0.717, 1.165) is 0 Å². The fraction of sp³-hybridized carbons (Fsp3) is 0.533. The van der Waals surface area contributed by atoms with Crippen molar-refractivity contribution in [3.05, 3.63) is 24.3 Å². The Morgan fingerprint density at radius 2 is 1.91 bits per heavy atom. The van der Waals surface area contributed by atoms with Crippen LogP contribution in [0.5, 0.6) is 11.5 Å². The Morgan fingerprint density at radius 3 is 2.48 bits per heavy atom. The highest BCUT2D eigenvalue weighted by molar-refractivity contribution is 7.90. The van der Waals surface area contributed by atoms with Crippen LogP contribution in [0.4, 0.5) is 0 Å². The predicted molar refractivity (Wildman–Crippen MR) is 92.2 cm³/mol. The normalized spacial score (nSPS) is 13.3. The number of aliphatic imine (C=N–C) groups is 1. The maximum Gasteiger partial charge on any atom is 0.191 e. The first-order valence-electron chi connectivity index (χ1n) is 7.27. The predicted octanol–water partition coefficient (Wildman–Crippen LogP) is 0.672. The lowest BCUT2D eigenvalue weighted by atomic mass is 10.3. The molecule has 0 bridgehead atoms. The highest BCUT2D eigenvalue weighted by Gasteiger charge is 2.09. The first kappa shape index (κ1) is 19.1. The molecule has 0 aliphatic carbocycles. The van der Waals surface area contributed by atoms with Crippen LogP contribution in [0.3, 0.4) is 0 Å². The summed E-state index contributed by atoms with van der Waals surface area (Å²) in [4.78, 5) is 4.04. The Hall–Kier alpha value is -1.96. The molecule has 1 rings (SSSR count). The number of sulfone groups is 1. The molecule has 0 saturated carbocycles. The van der Waals surface area contributed by atoms with Crippen LogP contribution >= 0.6 is 0 Å². The van der Waals surface area contributed by atoms with E-state index in [2.05, 4.69) is 15.6 Å². The maximum atomic E-state index is 11.1. The quantitative estimate of drug-likeness (QED) is 0.533. The van der Waals surface area contributed by atoms with Gasteiger partial charge in [0.15, 0.2) is 17.5 Å². The largest absolute Gasteiger partial charge is 0.493 e. The summed E-state index contributed by atoms with van der Waals surface area (Å²) in [5.74, 6) is 1.93. The maximum absolute atomic E-state index is 11.1. The van der Waals surface area contributed by atoms with Gasteiger partial charge in [-0.05, 0) is 19.1 Å². The zero-order valence-electron chi connectivity index (χ0n) is 14.0. The Morgan fingerprint density at radius 1 is 1.26 bits per heavy atom. The zero-order valence-corrected chi connectivity index (χ0v) is 14.8. The van der Waals surface area contributed by atoms with Gasteiger partial charge in [-0.1, -0.05) is 12.1 Å². The molecule has 0 aliphatic heterocycles. The lowest BCUT2D eigenvalue weighted by Gasteiger charge is -2.19. The van der Waals surface area contributed by atoms with Crippen LogP contribution in [0.2, 0.25) is 0 Å². The molecule has 130 valence electrons. The van der Waals surface area contributed by atoms with E-state index in [-0.39, 0.29) is 11.9 Å². The molecule has 23 heavy (non-hydrogen) atoms. The molecule has 0 heterocycles. The van der Waals surface area contributed by atoms with Crippen LogP contribution < -0.4 is 20.1 Å². The molecule has 1 aromatic rings.